The summed E-state index contributed by atoms with van der Waals surface area (Å²) in [5.41, 5.74) is 3.84. The number of oxime groups is 1. The molecule has 5 aromatic heterocycles. The summed E-state index contributed by atoms with van der Waals surface area (Å²) in [7, 11) is 0. The van der Waals surface area contributed by atoms with E-state index in [1.807, 2.05) is 38.1 Å². The summed E-state index contributed by atoms with van der Waals surface area (Å²) < 4.78 is 75.1. The van der Waals surface area contributed by atoms with Crippen LogP contribution in [0, 0.1) is 41.5 Å². The largest absolute Gasteiger partial charge is 0.413 e. The van der Waals surface area contributed by atoms with Crippen LogP contribution < -0.4 is 21.9 Å². The first-order valence-electron chi connectivity index (χ1n) is 16.4. The third-order valence-corrected chi connectivity index (χ3v) is 12.4. The van der Waals surface area contributed by atoms with Gasteiger partial charge in [-0.2, -0.15) is 26.3 Å². The van der Waals surface area contributed by atoms with Crippen molar-refractivity contribution in [3.8, 4) is 0 Å². The molecule has 7 nitrogen and oxygen atoms in total. The van der Waals surface area contributed by atoms with Crippen molar-refractivity contribution in [3.63, 3.8) is 0 Å². The van der Waals surface area contributed by atoms with Gasteiger partial charge in [0.2, 0.25) is 10.9 Å². The summed E-state index contributed by atoms with van der Waals surface area (Å²) >= 11 is 7.03. The Balaban J connectivity index is 0.000000255. The van der Waals surface area contributed by atoms with Gasteiger partial charge in [-0.25, -0.2) is 0 Å². The molecule has 6 aromatic rings. The van der Waals surface area contributed by atoms with Crippen LogP contribution in [0.5, 0.6) is 0 Å². The molecule has 5 heterocycles. The van der Waals surface area contributed by atoms with Crippen molar-refractivity contribution >= 4 is 73.9 Å². The molecule has 1 aromatic carbocycles. The van der Waals surface area contributed by atoms with Gasteiger partial charge in [0.15, 0.2) is 11.8 Å². The Morgan fingerprint density at radius 2 is 1.16 bits per heavy atom. The summed E-state index contributed by atoms with van der Waals surface area (Å²) in [6.07, 6.45) is -8.87. The molecule has 0 aliphatic rings. The fraction of sp³-hybridized carbons (Fsp3) is 0.316. The number of nitrogens with one attached hydrogen (secondary N) is 1. The van der Waals surface area contributed by atoms with Gasteiger partial charge < -0.3 is 16.3 Å². The summed E-state index contributed by atoms with van der Waals surface area (Å²) in [4.78, 5) is 40.4. The number of halogens is 6. The van der Waals surface area contributed by atoms with Crippen LogP contribution in [0.1, 0.15) is 80.2 Å². The second kappa shape index (κ2) is 21.5. The zero-order chi connectivity index (χ0) is 42.5. The molecule has 0 fully saturated rings. The monoisotopic (exact) mass is 877 g/mol. The second-order valence-electron chi connectivity index (χ2n) is 12.0. The average molecular weight is 878 g/mol. The highest BCUT2D eigenvalue weighted by Gasteiger charge is 2.43. The minimum absolute atomic E-state index is 0.0486. The van der Waals surface area contributed by atoms with Crippen molar-refractivity contribution in [1.82, 2.24) is 0 Å². The Morgan fingerprint density at radius 3 is 1.46 bits per heavy atom. The Kier molecular flexibility index (Phi) is 18.6. The lowest BCUT2D eigenvalue weighted by atomic mass is 10.1. The maximum absolute atomic E-state index is 13.0. The zero-order valence-corrected chi connectivity index (χ0v) is 35.6. The average Bonchev–Trinajstić information content (AvgIpc) is 3.98. The van der Waals surface area contributed by atoms with Gasteiger partial charge in [-0.05, 0) is 115 Å². The van der Waals surface area contributed by atoms with Crippen LogP contribution >= 0.6 is 56.7 Å². The predicted molar refractivity (Wildman–Crippen MR) is 221 cm³/mol. The summed E-state index contributed by atoms with van der Waals surface area (Å²) in [6.45, 7) is 14.3. The molecule has 0 bridgehead atoms. The van der Waals surface area contributed by atoms with Crippen LogP contribution in [0.25, 0.3) is 0 Å². The van der Waals surface area contributed by atoms with Crippen molar-refractivity contribution in [1.29, 1.82) is 0 Å². The predicted octanol–water partition coefficient (Wildman–Crippen LogP) is 11.9. The SMILES string of the molecule is C/C(=N/O)c1ccc(C)s1.CC(=O)c1ccc(C)s1.Cc1ccc(C(N)C(F)(F)F)s1.Cc1ccc(C(Nc2c(C)c(=O)c2=O)C(F)(F)F)s1.Cc1cccs1. The first kappa shape index (κ1) is 48.2. The van der Waals surface area contributed by atoms with Gasteiger partial charge in [-0.3, -0.25) is 14.4 Å². The fourth-order valence-corrected chi connectivity index (χ4v) is 8.15. The fourth-order valence-electron chi connectivity index (χ4n) is 4.19. The highest BCUT2D eigenvalue weighted by molar-refractivity contribution is 7.14. The summed E-state index contributed by atoms with van der Waals surface area (Å²) in [5, 5.41) is 15.7. The highest BCUT2D eigenvalue weighted by Crippen LogP contribution is 2.38. The quantitative estimate of drug-likeness (QED) is 0.0383. The Labute approximate surface area is 340 Å². The number of nitrogens with zero attached hydrogens (tertiary/aromatic N) is 1. The zero-order valence-electron chi connectivity index (χ0n) is 31.5. The lowest BCUT2D eigenvalue weighted by Crippen LogP contribution is -2.40. The minimum Gasteiger partial charge on any atom is -0.411 e. The van der Waals surface area contributed by atoms with E-state index in [4.69, 9.17) is 10.9 Å². The second-order valence-corrected chi connectivity index (χ2v) is 18.3. The molecule has 18 heteroatoms. The number of nitrogens with two attached hydrogens (primary N) is 1. The number of ketones is 1. The number of hydrogen-bond donors (Lipinski definition) is 3. The van der Waals surface area contributed by atoms with E-state index < -0.39 is 35.3 Å². The number of anilines is 1. The van der Waals surface area contributed by atoms with E-state index in [9.17, 15) is 40.7 Å². The van der Waals surface area contributed by atoms with Gasteiger partial charge >= 0.3 is 12.4 Å². The van der Waals surface area contributed by atoms with Crippen molar-refractivity contribution in [2.75, 3.05) is 5.32 Å². The normalized spacial score (nSPS) is 12.4. The number of thiophene rings is 5. The van der Waals surface area contributed by atoms with E-state index in [2.05, 4.69) is 34.9 Å². The first-order valence-corrected chi connectivity index (χ1v) is 20.5. The van der Waals surface area contributed by atoms with E-state index in [1.54, 1.807) is 73.8 Å². The molecule has 0 spiro atoms. The van der Waals surface area contributed by atoms with Crippen LogP contribution in [-0.2, 0) is 0 Å². The van der Waals surface area contributed by atoms with Crippen molar-refractivity contribution in [3.05, 3.63) is 136 Å². The van der Waals surface area contributed by atoms with Gasteiger partial charge in [0.1, 0.15) is 6.04 Å². The number of alkyl halides is 6. The molecule has 304 valence electrons. The number of rotatable bonds is 6. The van der Waals surface area contributed by atoms with E-state index in [0.29, 0.717) is 5.71 Å². The molecule has 56 heavy (non-hydrogen) atoms. The number of hydrogen-bond acceptors (Lipinski definition) is 12. The standard InChI is InChI=1S/C12H10F3NO2S.C7H8F3NS.C7H9NOS.C7H8OS.C5H6S/c1-5-3-4-7(19-5)11(12(13,14)15)16-8-6(2)9(17)10(8)18;1-4-2-3-5(12-4)6(11)7(8,9)10;1-5-3-4-7(10-5)6(2)8-9;1-5-3-4-7(9-5)6(2)8;1-5-3-2-4-6-5/h3-4,11,16H,1-2H3;2-3,6H,11H2,1H3;3-4,9H,1-2H3;3-4H,1-2H3;2-4H,1H3/b;;8-6-;;. The third kappa shape index (κ3) is 15.2. The van der Waals surface area contributed by atoms with Gasteiger partial charge in [0.05, 0.1) is 21.2 Å². The molecular weight excluding hydrogens is 837 g/mol. The van der Waals surface area contributed by atoms with Gasteiger partial charge in [0.25, 0.3) is 0 Å². The molecule has 0 amide bonds. The van der Waals surface area contributed by atoms with Gasteiger partial charge in [-0.1, -0.05) is 11.2 Å². The molecule has 0 saturated heterocycles. The van der Waals surface area contributed by atoms with E-state index in [-0.39, 0.29) is 26.8 Å². The Morgan fingerprint density at radius 1 is 0.679 bits per heavy atom. The van der Waals surface area contributed by atoms with E-state index in [1.165, 1.54) is 33.7 Å². The molecule has 0 aliphatic heterocycles. The topological polar surface area (TPSA) is 122 Å². The van der Waals surface area contributed by atoms with Crippen LogP contribution in [0.4, 0.5) is 32.0 Å². The van der Waals surface area contributed by atoms with Gasteiger partial charge in [0, 0.05) is 39.7 Å². The van der Waals surface area contributed by atoms with Crippen molar-refractivity contribution in [2.45, 2.75) is 79.8 Å². The third-order valence-electron chi connectivity index (χ3n) is 7.23. The maximum atomic E-state index is 13.0. The maximum Gasteiger partial charge on any atom is 0.413 e. The van der Waals surface area contributed by atoms with Crippen LogP contribution in [0.2, 0.25) is 0 Å². The smallest absolute Gasteiger partial charge is 0.411 e. The number of carbonyl (C=O) groups is 1. The van der Waals surface area contributed by atoms with Crippen molar-refractivity contribution < 1.29 is 36.3 Å². The molecule has 6 rings (SSSR count). The molecule has 2 atom stereocenters. The van der Waals surface area contributed by atoms with E-state index in [0.717, 1.165) is 42.2 Å². The first-order chi connectivity index (χ1) is 26.0. The highest BCUT2D eigenvalue weighted by atomic mass is 32.1. The van der Waals surface area contributed by atoms with Crippen molar-refractivity contribution in [2.24, 2.45) is 10.9 Å². The lowest BCUT2D eigenvalue weighted by molar-refractivity contribution is -0.148. The Hall–Kier alpha value is -3.94. The number of Topliss-reactive ketones (excluding diaryl/α,β-unsaturated/α-hetero) is 1. The molecule has 2 unspecified atom stereocenters. The number of aryl methyl sites for hydroxylation is 5. The van der Waals surface area contributed by atoms with E-state index >= 15 is 0 Å². The molecule has 0 aliphatic carbocycles. The molecule has 0 radical (unpaired) electrons. The Bertz CT molecular complexity index is 2220. The summed E-state index contributed by atoms with van der Waals surface area (Å²) in [5.74, 6) is 0.160. The molecule has 4 N–H and O–H groups in total. The minimum atomic E-state index is -4.54. The molecule has 0 saturated carbocycles. The van der Waals surface area contributed by atoms with Crippen LogP contribution in [0.3, 0.4) is 0 Å². The lowest BCUT2D eigenvalue weighted by Gasteiger charge is -2.22. The molecular formula is C38H41F6N3O4S5. The van der Waals surface area contributed by atoms with Crippen LogP contribution in [-0.4, -0.2) is 29.1 Å². The van der Waals surface area contributed by atoms with Crippen LogP contribution in [0.15, 0.2) is 80.8 Å². The summed E-state index contributed by atoms with van der Waals surface area (Å²) in [6, 6.07) is 14.1. The van der Waals surface area contributed by atoms with Gasteiger partial charge in [-0.15, -0.1) is 56.7 Å². The number of carbonyl (C=O) groups excluding carboxylic acids is 1.